The summed E-state index contributed by atoms with van der Waals surface area (Å²) in [5.74, 6) is 0.368. The van der Waals surface area contributed by atoms with E-state index < -0.39 is 0 Å². The molecule has 1 atom stereocenters. The minimum Gasteiger partial charge on any atom is -0.325 e. The molecule has 2 aromatic rings. The first kappa shape index (κ1) is 12.8. The number of amides is 1. The van der Waals surface area contributed by atoms with Gasteiger partial charge >= 0.3 is 0 Å². The standard InChI is InChI=1S/C16H20N4O/c1-11-9-20-10-12(2-3-14(20)18-11)19-15(21)13-8-16(13)4-6-17-7-5-16/h2-3,9-10,13,17H,4-8H2,1H3,(H,19,21). The summed E-state index contributed by atoms with van der Waals surface area (Å²) in [5, 5.41) is 6.44. The lowest BCUT2D eigenvalue weighted by molar-refractivity contribution is -0.118. The molecule has 4 rings (SSSR count). The summed E-state index contributed by atoms with van der Waals surface area (Å²) in [4.78, 5) is 16.8. The summed E-state index contributed by atoms with van der Waals surface area (Å²) >= 11 is 0. The molecular weight excluding hydrogens is 264 g/mol. The molecule has 0 bridgehead atoms. The fourth-order valence-corrected chi connectivity index (χ4v) is 3.62. The van der Waals surface area contributed by atoms with Gasteiger partial charge in [0.1, 0.15) is 5.65 Å². The predicted molar refractivity (Wildman–Crippen MR) is 81.2 cm³/mol. The Morgan fingerprint density at radius 2 is 2.19 bits per heavy atom. The number of nitrogens with zero attached hydrogens (tertiary/aromatic N) is 2. The van der Waals surface area contributed by atoms with Crippen LogP contribution in [0.3, 0.4) is 0 Å². The van der Waals surface area contributed by atoms with E-state index >= 15 is 0 Å². The monoisotopic (exact) mass is 284 g/mol. The van der Waals surface area contributed by atoms with Crippen molar-refractivity contribution in [3.8, 4) is 0 Å². The van der Waals surface area contributed by atoms with Gasteiger partial charge in [-0.25, -0.2) is 4.98 Å². The summed E-state index contributed by atoms with van der Waals surface area (Å²) in [5.41, 5.74) is 3.02. The van der Waals surface area contributed by atoms with Crippen LogP contribution in [0.1, 0.15) is 25.0 Å². The summed E-state index contributed by atoms with van der Waals surface area (Å²) in [6, 6.07) is 3.87. The van der Waals surface area contributed by atoms with Crippen molar-refractivity contribution in [2.45, 2.75) is 26.2 Å². The average molecular weight is 284 g/mol. The van der Waals surface area contributed by atoms with Crippen LogP contribution in [0, 0.1) is 18.3 Å². The van der Waals surface area contributed by atoms with Crippen LogP contribution >= 0.6 is 0 Å². The molecule has 5 heteroatoms. The average Bonchev–Trinajstić information content (AvgIpc) is 3.02. The number of rotatable bonds is 2. The van der Waals surface area contributed by atoms with E-state index in [9.17, 15) is 4.79 Å². The van der Waals surface area contributed by atoms with E-state index in [1.165, 1.54) is 0 Å². The van der Waals surface area contributed by atoms with Crippen LogP contribution in [0.15, 0.2) is 24.5 Å². The maximum Gasteiger partial charge on any atom is 0.228 e. The van der Waals surface area contributed by atoms with Crippen molar-refractivity contribution in [2.75, 3.05) is 18.4 Å². The van der Waals surface area contributed by atoms with Crippen LogP contribution in [0.4, 0.5) is 5.69 Å². The zero-order valence-corrected chi connectivity index (χ0v) is 12.2. The zero-order valence-electron chi connectivity index (χ0n) is 12.2. The Bertz CT molecular complexity index is 699. The van der Waals surface area contributed by atoms with Crippen molar-refractivity contribution in [3.63, 3.8) is 0 Å². The van der Waals surface area contributed by atoms with Gasteiger partial charge in [-0.2, -0.15) is 0 Å². The van der Waals surface area contributed by atoms with Gasteiger partial charge in [0.2, 0.25) is 5.91 Å². The van der Waals surface area contributed by atoms with Gasteiger partial charge in [0, 0.05) is 18.3 Å². The van der Waals surface area contributed by atoms with Crippen LogP contribution < -0.4 is 10.6 Å². The molecule has 0 aromatic carbocycles. The highest BCUT2D eigenvalue weighted by Gasteiger charge is 2.57. The van der Waals surface area contributed by atoms with Crippen molar-refractivity contribution in [3.05, 3.63) is 30.2 Å². The molecule has 1 unspecified atom stereocenters. The summed E-state index contributed by atoms with van der Waals surface area (Å²) in [6.07, 6.45) is 7.21. The number of carbonyl (C=O) groups is 1. The van der Waals surface area contributed by atoms with Crippen LogP contribution in [-0.4, -0.2) is 28.4 Å². The molecule has 1 aliphatic heterocycles. The van der Waals surface area contributed by atoms with E-state index in [-0.39, 0.29) is 17.2 Å². The van der Waals surface area contributed by atoms with E-state index in [0.29, 0.717) is 0 Å². The first-order valence-electron chi connectivity index (χ1n) is 7.63. The largest absolute Gasteiger partial charge is 0.325 e. The van der Waals surface area contributed by atoms with Crippen LogP contribution in [0.2, 0.25) is 0 Å². The number of piperidine rings is 1. The lowest BCUT2D eigenvalue weighted by atomic mass is 9.92. The van der Waals surface area contributed by atoms with Gasteiger partial charge in [-0.1, -0.05) is 0 Å². The number of carbonyl (C=O) groups excluding carboxylic acids is 1. The number of imidazole rings is 1. The number of aryl methyl sites for hydroxylation is 1. The molecule has 0 radical (unpaired) electrons. The molecule has 110 valence electrons. The third kappa shape index (κ3) is 2.21. The number of hydrogen-bond donors (Lipinski definition) is 2. The molecule has 3 heterocycles. The summed E-state index contributed by atoms with van der Waals surface area (Å²) in [6.45, 7) is 4.06. The fraction of sp³-hybridized carbons (Fsp3) is 0.500. The van der Waals surface area contributed by atoms with Gasteiger partial charge in [0.05, 0.1) is 11.4 Å². The Balaban J connectivity index is 1.48. The smallest absolute Gasteiger partial charge is 0.228 e. The molecule has 21 heavy (non-hydrogen) atoms. The minimum atomic E-state index is 0.174. The van der Waals surface area contributed by atoms with Crippen molar-refractivity contribution >= 4 is 17.2 Å². The molecule has 1 amide bonds. The molecular formula is C16H20N4O. The van der Waals surface area contributed by atoms with Gasteiger partial charge in [0.25, 0.3) is 0 Å². The number of fused-ring (bicyclic) bond motifs is 1. The van der Waals surface area contributed by atoms with Crippen LogP contribution in [0.5, 0.6) is 0 Å². The van der Waals surface area contributed by atoms with E-state index in [4.69, 9.17) is 0 Å². The Kier molecular flexibility index (Phi) is 2.79. The topological polar surface area (TPSA) is 58.4 Å². The number of hydrogen-bond acceptors (Lipinski definition) is 3. The van der Waals surface area contributed by atoms with Gasteiger partial charge in [-0.15, -0.1) is 0 Å². The first-order valence-corrected chi connectivity index (χ1v) is 7.63. The highest BCUT2D eigenvalue weighted by Crippen LogP contribution is 2.58. The van der Waals surface area contributed by atoms with Crippen molar-refractivity contribution < 1.29 is 4.79 Å². The maximum absolute atomic E-state index is 12.4. The molecule has 2 fully saturated rings. The van der Waals surface area contributed by atoms with Crippen molar-refractivity contribution in [1.82, 2.24) is 14.7 Å². The maximum atomic E-state index is 12.4. The Hall–Kier alpha value is -1.88. The van der Waals surface area contributed by atoms with E-state index in [2.05, 4.69) is 15.6 Å². The third-order valence-electron chi connectivity index (χ3n) is 4.94. The molecule has 1 saturated heterocycles. The van der Waals surface area contributed by atoms with Gasteiger partial charge in [0.15, 0.2) is 0 Å². The molecule has 1 saturated carbocycles. The normalized spacial score (nSPS) is 23.4. The Morgan fingerprint density at radius 3 is 3.00 bits per heavy atom. The van der Waals surface area contributed by atoms with Crippen LogP contribution in [0.25, 0.3) is 5.65 Å². The van der Waals surface area contributed by atoms with Gasteiger partial charge in [-0.05, 0) is 56.8 Å². The number of anilines is 1. The SMILES string of the molecule is Cc1cn2cc(NC(=O)C3CC34CCNCC4)ccc2n1. The predicted octanol–water partition coefficient (Wildman–Crippen LogP) is 1.97. The molecule has 2 aliphatic rings. The van der Waals surface area contributed by atoms with E-state index in [1.54, 1.807) is 0 Å². The van der Waals surface area contributed by atoms with E-state index in [0.717, 1.165) is 49.4 Å². The summed E-state index contributed by atoms with van der Waals surface area (Å²) < 4.78 is 1.96. The second kappa shape index (κ2) is 4.56. The lowest BCUT2D eigenvalue weighted by Crippen LogP contribution is -2.31. The lowest BCUT2D eigenvalue weighted by Gasteiger charge is -2.23. The molecule has 1 spiro atoms. The minimum absolute atomic E-state index is 0.174. The molecule has 5 nitrogen and oxygen atoms in total. The fourth-order valence-electron chi connectivity index (χ4n) is 3.62. The number of nitrogens with one attached hydrogen (secondary N) is 2. The zero-order chi connectivity index (χ0) is 14.4. The molecule has 2 N–H and O–H groups in total. The Labute approximate surface area is 123 Å². The number of aromatic nitrogens is 2. The highest BCUT2D eigenvalue weighted by molar-refractivity contribution is 5.95. The van der Waals surface area contributed by atoms with Crippen LogP contribution in [-0.2, 0) is 4.79 Å². The second-order valence-corrected chi connectivity index (χ2v) is 6.42. The van der Waals surface area contributed by atoms with Crippen molar-refractivity contribution in [1.29, 1.82) is 0 Å². The van der Waals surface area contributed by atoms with Gasteiger partial charge < -0.3 is 15.0 Å². The first-order chi connectivity index (χ1) is 10.2. The third-order valence-corrected chi connectivity index (χ3v) is 4.94. The number of pyridine rings is 1. The quantitative estimate of drug-likeness (QED) is 0.886. The highest BCUT2D eigenvalue weighted by atomic mass is 16.2. The van der Waals surface area contributed by atoms with Gasteiger partial charge in [-0.3, -0.25) is 4.79 Å². The molecule has 1 aliphatic carbocycles. The van der Waals surface area contributed by atoms with Crippen molar-refractivity contribution in [2.24, 2.45) is 11.3 Å². The van der Waals surface area contributed by atoms with E-state index in [1.807, 2.05) is 35.9 Å². The second-order valence-electron chi connectivity index (χ2n) is 6.42. The summed E-state index contributed by atoms with van der Waals surface area (Å²) in [7, 11) is 0. The Morgan fingerprint density at radius 1 is 1.38 bits per heavy atom. The molecule has 2 aromatic heterocycles.